The van der Waals surface area contributed by atoms with E-state index in [2.05, 4.69) is 39.4 Å². The van der Waals surface area contributed by atoms with Gasteiger partial charge in [-0.1, -0.05) is 6.07 Å². The summed E-state index contributed by atoms with van der Waals surface area (Å²) in [5, 5.41) is 11.9. The summed E-state index contributed by atoms with van der Waals surface area (Å²) in [6, 6.07) is 8.35. The summed E-state index contributed by atoms with van der Waals surface area (Å²) in [6.07, 6.45) is 2.81. The van der Waals surface area contributed by atoms with Crippen molar-refractivity contribution in [2.45, 2.75) is 25.8 Å². The number of halogens is 1. The van der Waals surface area contributed by atoms with Crippen LogP contribution < -0.4 is 10.1 Å². The molecule has 1 aliphatic rings. The third-order valence-corrected chi connectivity index (χ3v) is 3.94. The Morgan fingerprint density at radius 3 is 2.83 bits per heavy atom. The van der Waals surface area contributed by atoms with Gasteiger partial charge in [-0.2, -0.15) is 5.26 Å². The first-order valence-corrected chi connectivity index (χ1v) is 6.91. The van der Waals surface area contributed by atoms with Gasteiger partial charge in [0.2, 0.25) is 0 Å². The molecule has 1 saturated carbocycles. The van der Waals surface area contributed by atoms with Gasteiger partial charge in [-0.15, -0.1) is 0 Å². The zero-order chi connectivity index (χ0) is 13.0. The molecule has 0 saturated heterocycles. The lowest BCUT2D eigenvalue weighted by Crippen LogP contribution is -2.12. The average Bonchev–Trinajstić information content (AvgIpc) is 3.09. The van der Waals surface area contributed by atoms with Crippen molar-refractivity contribution in [2.75, 3.05) is 13.7 Å². The summed E-state index contributed by atoms with van der Waals surface area (Å²) in [4.78, 5) is 0. The predicted octanol–water partition coefficient (Wildman–Crippen LogP) is 3.24. The molecule has 0 aromatic heterocycles. The standard InChI is InChI=1S/C14H17BrN2O/c1-17-9-11-2-3-13(12(15)8-11)18-10-14(4-5-14)6-7-16/h2-3,8,17H,4-6,9-10H2,1H3. The van der Waals surface area contributed by atoms with Crippen LogP contribution in [0.5, 0.6) is 5.75 Å². The van der Waals surface area contributed by atoms with Crippen molar-refractivity contribution in [1.29, 1.82) is 5.26 Å². The molecule has 0 amide bonds. The smallest absolute Gasteiger partial charge is 0.133 e. The highest BCUT2D eigenvalue weighted by molar-refractivity contribution is 9.10. The summed E-state index contributed by atoms with van der Waals surface area (Å²) in [5.41, 5.74) is 1.34. The van der Waals surface area contributed by atoms with Gasteiger partial charge in [0.1, 0.15) is 5.75 Å². The van der Waals surface area contributed by atoms with Crippen molar-refractivity contribution >= 4 is 15.9 Å². The van der Waals surface area contributed by atoms with E-state index in [1.165, 1.54) is 5.56 Å². The summed E-state index contributed by atoms with van der Waals surface area (Å²) in [5.74, 6) is 0.860. The predicted molar refractivity (Wildman–Crippen MR) is 74.3 cm³/mol. The maximum atomic E-state index is 8.77. The van der Waals surface area contributed by atoms with E-state index in [1.54, 1.807) is 0 Å². The Labute approximate surface area is 116 Å². The van der Waals surface area contributed by atoms with Gasteiger partial charge in [-0.3, -0.25) is 0 Å². The third-order valence-electron chi connectivity index (χ3n) is 3.32. The molecule has 1 N–H and O–H groups in total. The number of benzene rings is 1. The van der Waals surface area contributed by atoms with E-state index in [1.807, 2.05) is 13.1 Å². The van der Waals surface area contributed by atoms with Crippen molar-refractivity contribution in [1.82, 2.24) is 5.32 Å². The normalized spacial score (nSPS) is 16.1. The van der Waals surface area contributed by atoms with Gasteiger partial charge in [0.05, 0.1) is 17.1 Å². The van der Waals surface area contributed by atoms with E-state index in [-0.39, 0.29) is 5.41 Å². The molecule has 1 aromatic rings. The summed E-state index contributed by atoms with van der Waals surface area (Å²) < 4.78 is 6.81. The van der Waals surface area contributed by atoms with E-state index in [0.717, 1.165) is 29.6 Å². The lowest BCUT2D eigenvalue weighted by molar-refractivity contribution is 0.235. The van der Waals surface area contributed by atoms with Gasteiger partial charge in [0.25, 0.3) is 0 Å². The first-order valence-electron chi connectivity index (χ1n) is 6.12. The third kappa shape index (κ3) is 3.24. The first kappa shape index (κ1) is 13.4. The van der Waals surface area contributed by atoms with Crippen molar-refractivity contribution in [3.8, 4) is 11.8 Å². The highest BCUT2D eigenvalue weighted by Crippen LogP contribution is 2.49. The minimum atomic E-state index is 0.123. The first-order chi connectivity index (χ1) is 8.69. The number of nitrogens with zero attached hydrogens (tertiary/aromatic N) is 1. The Hall–Kier alpha value is -1.05. The van der Waals surface area contributed by atoms with Gasteiger partial charge in [0, 0.05) is 18.4 Å². The second-order valence-electron chi connectivity index (χ2n) is 4.92. The Kier molecular flexibility index (Phi) is 4.26. The molecule has 0 unspecified atom stereocenters. The fourth-order valence-electron chi connectivity index (χ4n) is 1.92. The number of nitriles is 1. The highest BCUT2D eigenvalue weighted by Gasteiger charge is 2.43. The molecule has 4 heteroatoms. The van der Waals surface area contributed by atoms with Crippen LogP contribution >= 0.6 is 15.9 Å². The Balaban J connectivity index is 1.96. The van der Waals surface area contributed by atoms with Crippen molar-refractivity contribution < 1.29 is 4.74 Å². The lowest BCUT2D eigenvalue weighted by atomic mass is 10.1. The highest BCUT2D eigenvalue weighted by atomic mass is 79.9. The number of rotatable bonds is 6. The van der Waals surface area contributed by atoms with Gasteiger partial charge in [-0.25, -0.2) is 0 Å². The van der Waals surface area contributed by atoms with Crippen LogP contribution in [0.4, 0.5) is 0 Å². The molecule has 1 fully saturated rings. The topological polar surface area (TPSA) is 45.0 Å². The summed E-state index contributed by atoms with van der Waals surface area (Å²) in [6.45, 7) is 1.49. The fourth-order valence-corrected chi connectivity index (χ4v) is 2.46. The molecular weight excluding hydrogens is 292 g/mol. The van der Waals surface area contributed by atoms with Crippen LogP contribution in [0.3, 0.4) is 0 Å². The molecule has 0 spiro atoms. The zero-order valence-corrected chi connectivity index (χ0v) is 12.1. The molecule has 0 atom stereocenters. The molecule has 0 radical (unpaired) electrons. The van der Waals surface area contributed by atoms with E-state index in [9.17, 15) is 0 Å². The molecular formula is C14H17BrN2O. The maximum Gasteiger partial charge on any atom is 0.133 e. The molecule has 0 bridgehead atoms. The molecule has 96 valence electrons. The van der Waals surface area contributed by atoms with Crippen LogP contribution in [-0.2, 0) is 6.54 Å². The molecule has 3 nitrogen and oxygen atoms in total. The van der Waals surface area contributed by atoms with E-state index >= 15 is 0 Å². The van der Waals surface area contributed by atoms with Gasteiger partial charge in [-0.05, 0) is 53.5 Å². The van der Waals surface area contributed by atoms with E-state index in [4.69, 9.17) is 10.00 Å². The fraction of sp³-hybridized carbons (Fsp3) is 0.500. The molecule has 2 rings (SSSR count). The van der Waals surface area contributed by atoms with Crippen LogP contribution in [0.1, 0.15) is 24.8 Å². The average molecular weight is 309 g/mol. The second kappa shape index (κ2) is 5.73. The minimum absolute atomic E-state index is 0.123. The second-order valence-corrected chi connectivity index (χ2v) is 5.77. The molecule has 0 aliphatic heterocycles. The molecule has 1 aromatic carbocycles. The summed E-state index contributed by atoms with van der Waals surface area (Å²) in [7, 11) is 1.93. The van der Waals surface area contributed by atoms with Crippen molar-refractivity contribution in [3.63, 3.8) is 0 Å². The SMILES string of the molecule is CNCc1ccc(OCC2(CC#N)CC2)c(Br)c1. The number of hydrogen-bond donors (Lipinski definition) is 1. The largest absolute Gasteiger partial charge is 0.492 e. The van der Waals surface area contributed by atoms with E-state index in [0.29, 0.717) is 13.0 Å². The quantitative estimate of drug-likeness (QED) is 0.877. The number of nitrogens with one attached hydrogen (secondary N) is 1. The van der Waals surface area contributed by atoms with Crippen LogP contribution in [0.25, 0.3) is 0 Å². The van der Waals surface area contributed by atoms with E-state index < -0.39 is 0 Å². The minimum Gasteiger partial charge on any atom is -0.492 e. The summed E-state index contributed by atoms with van der Waals surface area (Å²) >= 11 is 3.53. The van der Waals surface area contributed by atoms with Crippen molar-refractivity contribution in [2.24, 2.45) is 5.41 Å². The Morgan fingerprint density at radius 1 is 1.50 bits per heavy atom. The lowest BCUT2D eigenvalue weighted by Gasteiger charge is -2.14. The molecule has 0 heterocycles. The number of ether oxygens (including phenoxy) is 1. The number of hydrogen-bond acceptors (Lipinski definition) is 3. The van der Waals surface area contributed by atoms with Crippen LogP contribution in [0, 0.1) is 16.7 Å². The van der Waals surface area contributed by atoms with Gasteiger partial charge < -0.3 is 10.1 Å². The molecule has 1 aliphatic carbocycles. The Morgan fingerprint density at radius 2 is 2.28 bits per heavy atom. The van der Waals surface area contributed by atoms with Crippen molar-refractivity contribution in [3.05, 3.63) is 28.2 Å². The van der Waals surface area contributed by atoms with Gasteiger partial charge >= 0.3 is 0 Å². The maximum absolute atomic E-state index is 8.77. The Bertz CT molecular complexity index is 463. The van der Waals surface area contributed by atoms with Crippen LogP contribution in [-0.4, -0.2) is 13.7 Å². The van der Waals surface area contributed by atoms with Crippen LogP contribution in [0.15, 0.2) is 22.7 Å². The van der Waals surface area contributed by atoms with Crippen LogP contribution in [0.2, 0.25) is 0 Å². The zero-order valence-electron chi connectivity index (χ0n) is 10.5. The van der Waals surface area contributed by atoms with Gasteiger partial charge in [0.15, 0.2) is 0 Å². The molecule has 18 heavy (non-hydrogen) atoms. The monoisotopic (exact) mass is 308 g/mol.